The van der Waals surface area contributed by atoms with E-state index in [0.717, 1.165) is 29.1 Å². The van der Waals surface area contributed by atoms with Gasteiger partial charge in [-0.15, -0.1) is 0 Å². The van der Waals surface area contributed by atoms with E-state index in [1.807, 2.05) is 19.1 Å². The van der Waals surface area contributed by atoms with Gasteiger partial charge in [0.2, 0.25) is 0 Å². The Morgan fingerprint density at radius 2 is 2.19 bits per heavy atom. The molecule has 1 N–H and O–H groups in total. The lowest BCUT2D eigenvalue weighted by atomic mass is 10.2. The van der Waals surface area contributed by atoms with Gasteiger partial charge in [0.05, 0.1) is 5.52 Å². The molecule has 0 aliphatic carbocycles. The number of hydrogen-bond acceptors (Lipinski definition) is 3. The Morgan fingerprint density at radius 3 is 3.00 bits per heavy atom. The number of aryl methyl sites for hydroxylation is 1. The van der Waals surface area contributed by atoms with E-state index >= 15 is 0 Å². The Hall–Kier alpha value is -1.68. The summed E-state index contributed by atoms with van der Waals surface area (Å²) in [5, 5.41) is 4.23. The van der Waals surface area contributed by atoms with Gasteiger partial charge in [-0.05, 0) is 41.4 Å². The topological polar surface area (TPSA) is 41.6 Å². The van der Waals surface area contributed by atoms with Crippen molar-refractivity contribution in [1.29, 1.82) is 0 Å². The molecule has 0 aliphatic rings. The molecule has 4 heteroatoms. The third-order valence-corrected chi connectivity index (χ3v) is 3.22. The number of rotatable bonds is 2. The molecule has 3 heterocycles. The Morgan fingerprint density at radius 1 is 1.25 bits per heavy atom. The van der Waals surface area contributed by atoms with Crippen molar-refractivity contribution < 1.29 is 0 Å². The quantitative estimate of drug-likeness (QED) is 0.734. The first kappa shape index (κ1) is 9.54. The third-order valence-electron chi connectivity index (χ3n) is 2.49. The highest BCUT2D eigenvalue weighted by atomic mass is 32.1. The molecule has 0 saturated heterocycles. The zero-order chi connectivity index (χ0) is 11.0. The second-order valence-electron chi connectivity index (χ2n) is 3.82. The normalized spacial score (nSPS) is 11.1. The van der Waals surface area contributed by atoms with Crippen molar-refractivity contribution in [3.8, 4) is 0 Å². The summed E-state index contributed by atoms with van der Waals surface area (Å²) < 4.78 is 0. The first-order valence-electron chi connectivity index (χ1n) is 5.14. The van der Waals surface area contributed by atoms with Gasteiger partial charge in [-0.25, -0.2) is 9.97 Å². The van der Waals surface area contributed by atoms with Crippen molar-refractivity contribution in [1.82, 2.24) is 15.0 Å². The minimum absolute atomic E-state index is 0.810. The molecule has 0 spiro atoms. The standard InChI is InChI=1S/C12H11N3S/c1-8-2-3-10-12(13-8)15-11(14-10)6-9-4-5-16-7-9/h2-5,7H,6H2,1H3,(H,13,14,15). The summed E-state index contributed by atoms with van der Waals surface area (Å²) in [5.74, 6) is 0.978. The van der Waals surface area contributed by atoms with Gasteiger partial charge in [0.15, 0.2) is 5.65 Å². The lowest BCUT2D eigenvalue weighted by Gasteiger charge is -1.90. The van der Waals surface area contributed by atoms with Crippen LogP contribution in [-0.4, -0.2) is 15.0 Å². The number of pyridine rings is 1. The molecule has 0 aromatic carbocycles. The van der Waals surface area contributed by atoms with Gasteiger partial charge in [0.25, 0.3) is 0 Å². The van der Waals surface area contributed by atoms with Crippen LogP contribution in [0.3, 0.4) is 0 Å². The summed E-state index contributed by atoms with van der Waals surface area (Å²) in [6.07, 6.45) is 0.846. The van der Waals surface area contributed by atoms with Gasteiger partial charge in [-0.2, -0.15) is 11.3 Å². The minimum Gasteiger partial charge on any atom is -0.340 e. The molecule has 3 aromatic heterocycles. The summed E-state index contributed by atoms with van der Waals surface area (Å²) in [4.78, 5) is 12.2. The lowest BCUT2D eigenvalue weighted by Crippen LogP contribution is -1.87. The van der Waals surface area contributed by atoms with Crippen molar-refractivity contribution in [2.75, 3.05) is 0 Å². The maximum atomic E-state index is 4.49. The van der Waals surface area contributed by atoms with Crippen LogP contribution in [-0.2, 0) is 6.42 Å². The van der Waals surface area contributed by atoms with Crippen molar-refractivity contribution in [2.24, 2.45) is 0 Å². The van der Waals surface area contributed by atoms with Crippen LogP contribution in [0, 0.1) is 6.92 Å². The largest absolute Gasteiger partial charge is 0.340 e. The van der Waals surface area contributed by atoms with E-state index in [1.54, 1.807) is 11.3 Å². The van der Waals surface area contributed by atoms with Crippen LogP contribution in [0.5, 0.6) is 0 Å². The summed E-state index contributed by atoms with van der Waals surface area (Å²) >= 11 is 1.71. The number of nitrogens with zero attached hydrogens (tertiary/aromatic N) is 2. The van der Waals surface area contributed by atoms with Crippen LogP contribution in [0.2, 0.25) is 0 Å². The van der Waals surface area contributed by atoms with E-state index in [-0.39, 0.29) is 0 Å². The van der Waals surface area contributed by atoms with E-state index < -0.39 is 0 Å². The molecule has 0 bridgehead atoms. The second kappa shape index (κ2) is 3.72. The van der Waals surface area contributed by atoms with Gasteiger partial charge in [-0.3, -0.25) is 0 Å². The second-order valence-corrected chi connectivity index (χ2v) is 4.60. The van der Waals surface area contributed by atoms with E-state index in [9.17, 15) is 0 Å². The zero-order valence-corrected chi connectivity index (χ0v) is 9.71. The van der Waals surface area contributed by atoms with Crippen LogP contribution >= 0.6 is 11.3 Å². The van der Waals surface area contributed by atoms with Crippen molar-refractivity contribution in [3.63, 3.8) is 0 Å². The Balaban J connectivity index is 1.99. The molecular weight excluding hydrogens is 218 g/mol. The van der Waals surface area contributed by atoms with Crippen LogP contribution in [0.15, 0.2) is 29.0 Å². The zero-order valence-electron chi connectivity index (χ0n) is 8.90. The van der Waals surface area contributed by atoms with Gasteiger partial charge in [0, 0.05) is 12.1 Å². The fourth-order valence-corrected chi connectivity index (χ4v) is 2.38. The molecule has 3 nitrogen and oxygen atoms in total. The van der Waals surface area contributed by atoms with Crippen LogP contribution < -0.4 is 0 Å². The smallest absolute Gasteiger partial charge is 0.177 e. The molecular formula is C12H11N3S. The minimum atomic E-state index is 0.810. The van der Waals surface area contributed by atoms with Gasteiger partial charge in [-0.1, -0.05) is 0 Å². The SMILES string of the molecule is Cc1ccc2[nH]c(Cc3ccsc3)nc2n1. The van der Waals surface area contributed by atoms with Crippen LogP contribution in [0.1, 0.15) is 17.1 Å². The molecule has 0 saturated carbocycles. The summed E-state index contributed by atoms with van der Waals surface area (Å²) in [6, 6.07) is 6.15. The summed E-state index contributed by atoms with van der Waals surface area (Å²) in [5.41, 5.74) is 4.11. The van der Waals surface area contributed by atoms with E-state index in [4.69, 9.17) is 0 Å². The molecule has 80 valence electrons. The summed E-state index contributed by atoms with van der Waals surface area (Å²) in [7, 11) is 0. The molecule has 16 heavy (non-hydrogen) atoms. The predicted octanol–water partition coefficient (Wildman–Crippen LogP) is 2.92. The fourth-order valence-electron chi connectivity index (χ4n) is 1.71. The number of nitrogens with one attached hydrogen (secondary N) is 1. The first-order chi connectivity index (χ1) is 7.81. The number of aromatic nitrogens is 3. The first-order valence-corrected chi connectivity index (χ1v) is 6.09. The summed E-state index contributed by atoms with van der Waals surface area (Å²) in [6.45, 7) is 1.98. The highest BCUT2D eigenvalue weighted by Gasteiger charge is 2.04. The van der Waals surface area contributed by atoms with E-state index in [1.165, 1.54) is 5.56 Å². The highest BCUT2D eigenvalue weighted by Crippen LogP contribution is 2.14. The van der Waals surface area contributed by atoms with Gasteiger partial charge in [0.1, 0.15) is 5.82 Å². The van der Waals surface area contributed by atoms with Crippen molar-refractivity contribution in [3.05, 3.63) is 46.0 Å². The molecule has 0 atom stereocenters. The number of aromatic amines is 1. The lowest BCUT2D eigenvalue weighted by molar-refractivity contribution is 1.04. The monoisotopic (exact) mass is 229 g/mol. The number of hydrogen-bond donors (Lipinski definition) is 1. The Bertz CT molecular complexity index is 610. The van der Waals surface area contributed by atoms with E-state index in [0.29, 0.717) is 0 Å². The Labute approximate surface area is 97.2 Å². The predicted molar refractivity (Wildman–Crippen MR) is 65.8 cm³/mol. The molecule has 3 rings (SSSR count). The Kier molecular flexibility index (Phi) is 2.22. The molecule has 0 fully saturated rings. The van der Waals surface area contributed by atoms with Crippen LogP contribution in [0.4, 0.5) is 0 Å². The molecule has 0 unspecified atom stereocenters. The molecule has 0 amide bonds. The number of thiophene rings is 1. The third kappa shape index (κ3) is 1.72. The molecule has 0 aliphatic heterocycles. The average molecular weight is 229 g/mol. The fraction of sp³-hybridized carbons (Fsp3) is 0.167. The average Bonchev–Trinajstić information content (AvgIpc) is 2.86. The molecule has 0 radical (unpaired) electrons. The molecule has 3 aromatic rings. The highest BCUT2D eigenvalue weighted by molar-refractivity contribution is 7.07. The van der Waals surface area contributed by atoms with Crippen LogP contribution in [0.25, 0.3) is 11.2 Å². The number of imidazole rings is 1. The van der Waals surface area contributed by atoms with Gasteiger partial charge >= 0.3 is 0 Å². The van der Waals surface area contributed by atoms with Gasteiger partial charge < -0.3 is 4.98 Å². The number of H-pyrrole nitrogens is 1. The van der Waals surface area contributed by atoms with Crippen molar-refractivity contribution in [2.45, 2.75) is 13.3 Å². The maximum absolute atomic E-state index is 4.49. The number of fused-ring (bicyclic) bond motifs is 1. The van der Waals surface area contributed by atoms with E-state index in [2.05, 4.69) is 31.8 Å². The van der Waals surface area contributed by atoms with Crippen molar-refractivity contribution >= 4 is 22.5 Å². The maximum Gasteiger partial charge on any atom is 0.177 e.